The van der Waals surface area contributed by atoms with Crippen molar-refractivity contribution in [3.63, 3.8) is 0 Å². The van der Waals surface area contributed by atoms with E-state index in [0.29, 0.717) is 0 Å². The number of rotatable bonds is 2. The molecule has 0 fully saturated rings. The van der Waals surface area contributed by atoms with Crippen molar-refractivity contribution in [1.29, 1.82) is 0 Å². The van der Waals surface area contributed by atoms with Crippen LogP contribution in [0.4, 0.5) is 0 Å². The maximum absolute atomic E-state index is 2.50. The summed E-state index contributed by atoms with van der Waals surface area (Å²) in [6, 6.07) is 57.8. The maximum Gasteiger partial charge on any atom is 0.0625 e. The van der Waals surface area contributed by atoms with Crippen LogP contribution in [-0.4, -0.2) is 9.13 Å². The fourth-order valence-electron chi connectivity index (χ4n) is 7.60. The molecule has 0 N–H and O–H groups in total. The predicted molar refractivity (Wildman–Crippen MR) is 188 cm³/mol. The minimum Gasteiger partial charge on any atom is -0.309 e. The van der Waals surface area contributed by atoms with Crippen molar-refractivity contribution in [3.8, 4) is 11.4 Å². The van der Waals surface area contributed by atoms with E-state index >= 15 is 0 Å². The summed E-state index contributed by atoms with van der Waals surface area (Å²) in [5.41, 5.74) is 7.22. The minimum absolute atomic E-state index is 1.15. The van der Waals surface area contributed by atoms with Crippen LogP contribution in [0.1, 0.15) is 0 Å². The van der Waals surface area contributed by atoms with Crippen molar-refractivity contribution in [1.82, 2.24) is 9.13 Å². The molecule has 0 atom stereocenters. The van der Waals surface area contributed by atoms with Gasteiger partial charge in [-0.25, -0.2) is 0 Å². The summed E-state index contributed by atoms with van der Waals surface area (Å²) in [5, 5.41) is 12.8. The van der Waals surface area contributed by atoms with Crippen LogP contribution in [0.5, 0.6) is 0 Å². The second kappa shape index (κ2) is 8.82. The third kappa shape index (κ3) is 3.14. The molecular formula is C42H26N2. The summed E-state index contributed by atoms with van der Waals surface area (Å²) in [6.45, 7) is 0. The van der Waals surface area contributed by atoms with Gasteiger partial charge in [0.25, 0.3) is 0 Å². The van der Waals surface area contributed by atoms with E-state index in [1.54, 1.807) is 0 Å². The van der Waals surface area contributed by atoms with Gasteiger partial charge in [0.1, 0.15) is 0 Å². The molecule has 10 rings (SSSR count). The molecule has 0 amide bonds. The first-order chi connectivity index (χ1) is 21.8. The molecule has 204 valence electrons. The van der Waals surface area contributed by atoms with E-state index < -0.39 is 0 Å². The van der Waals surface area contributed by atoms with Gasteiger partial charge in [-0.05, 0) is 69.4 Å². The number of nitrogens with zero attached hydrogens (tertiary/aromatic N) is 2. The SMILES string of the molecule is c1cc(-n2c3ccccc3c3ccccc32)cc(-n2c3cc4ccccc4cc3c3c4ccccc4c4ccccc4c32)c1. The molecule has 0 aliphatic heterocycles. The third-order valence-corrected chi connectivity index (χ3v) is 9.43. The van der Waals surface area contributed by atoms with Crippen molar-refractivity contribution >= 4 is 75.9 Å². The summed E-state index contributed by atoms with van der Waals surface area (Å²) in [7, 11) is 0. The first-order valence-corrected chi connectivity index (χ1v) is 15.2. The molecule has 0 aliphatic rings. The highest BCUT2D eigenvalue weighted by molar-refractivity contribution is 6.33. The van der Waals surface area contributed by atoms with Crippen LogP contribution >= 0.6 is 0 Å². The second-order valence-corrected chi connectivity index (χ2v) is 11.8. The molecule has 0 unspecified atom stereocenters. The standard InChI is InChI=1S/C42H26N2/c1-2-13-28-25-40-37(24-27(28)12-1)41-35-20-5-3-16-31(35)32-17-4-6-21-36(32)42(41)44(40)30-15-11-14-29(26-30)43-38-22-9-7-18-33(38)34-19-8-10-23-39(34)43/h1-26H. The van der Waals surface area contributed by atoms with Crippen LogP contribution in [0.2, 0.25) is 0 Å². The van der Waals surface area contributed by atoms with Gasteiger partial charge in [0.2, 0.25) is 0 Å². The van der Waals surface area contributed by atoms with Crippen LogP contribution in [0.15, 0.2) is 158 Å². The summed E-state index contributed by atoms with van der Waals surface area (Å²) in [6.07, 6.45) is 0. The molecule has 0 aliphatic carbocycles. The van der Waals surface area contributed by atoms with E-state index in [2.05, 4.69) is 167 Å². The molecule has 0 saturated heterocycles. The van der Waals surface area contributed by atoms with Gasteiger partial charge in [-0.2, -0.15) is 0 Å². The molecule has 44 heavy (non-hydrogen) atoms. The fraction of sp³-hybridized carbons (Fsp3) is 0. The predicted octanol–water partition coefficient (Wildman–Crippen LogP) is 11.3. The monoisotopic (exact) mass is 558 g/mol. The zero-order chi connectivity index (χ0) is 28.8. The number of benzene rings is 8. The van der Waals surface area contributed by atoms with E-state index in [1.165, 1.54) is 75.9 Å². The van der Waals surface area contributed by atoms with Crippen molar-refractivity contribution in [2.75, 3.05) is 0 Å². The van der Waals surface area contributed by atoms with Gasteiger partial charge in [-0.15, -0.1) is 0 Å². The Morgan fingerprint density at radius 1 is 0.295 bits per heavy atom. The number of fused-ring (bicyclic) bond motifs is 12. The normalized spacial score (nSPS) is 12.1. The Bertz CT molecular complexity index is 2720. The van der Waals surface area contributed by atoms with Crippen LogP contribution in [-0.2, 0) is 0 Å². The van der Waals surface area contributed by atoms with Gasteiger partial charge in [0.05, 0.1) is 22.1 Å². The Kier molecular flexibility index (Phi) is 4.75. The lowest BCUT2D eigenvalue weighted by molar-refractivity contribution is 1.14. The molecule has 10 aromatic rings. The Balaban J connectivity index is 1.39. The molecule has 0 bridgehead atoms. The smallest absolute Gasteiger partial charge is 0.0625 e. The van der Waals surface area contributed by atoms with Crippen molar-refractivity contribution in [2.24, 2.45) is 0 Å². The summed E-state index contributed by atoms with van der Waals surface area (Å²) >= 11 is 0. The number of para-hydroxylation sites is 2. The van der Waals surface area contributed by atoms with E-state index in [1.807, 2.05) is 0 Å². The zero-order valence-corrected chi connectivity index (χ0v) is 23.9. The fourth-order valence-corrected chi connectivity index (χ4v) is 7.60. The molecule has 0 spiro atoms. The largest absolute Gasteiger partial charge is 0.309 e. The van der Waals surface area contributed by atoms with Gasteiger partial charge in [-0.3, -0.25) is 0 Å². The Morgan fingerprint density at radius 3 is 1.48 bits per heavy atom. The number of hydrogen-bond donors (Lipinski definition) is 0. The summed E-state index contributed by atoms with van der Waals surface area (Å²) < 4.78 is 4.91. The van der Waals surface area contributed by atoms with Gasteiger partial charge in [0, 0.05) is 38.3 Å². The summed E-state index contributed by atoms with van der Waals surface area (Å²) in [4.78, 5) is 0. The van der Waals surface area contributed by atoms with Crippen molar-refractivity contribution in [2.45, 2.75) is 0 Å². The number of hydrogen-bond acceptors (Lipinski definition) is 0. The van der Waals surface area contributed by atoms with Gasteiger partial charge in [-0.1, -0.05) is 115 Å². The molecule has 0 saturated carbocycles. The lowest BCUT2D eigenvalue weighted by Crippen LogP contribution is -1.99. The highest BCUT2D eigenvalue weighted by Crippen LogP contribution is 2.43. The Labute approximate surface area is 253 Å². The first kappa shape index (κ1) is 23.7. The van der Waals surface area contributed by atoms with Crippen LogP contribution in [0.3, 0.4) is 0 Å². The van der Waals surface area contributed by atoms with E-state index in [0.717, 1.165) is 11.4 Å². The average molecular weight is 559 g/mol. The lowest BCUT2D eigenvalue weighted by Gasteiger charge is -2.14. The van der Waals surface area contributed by atoms with E-state index in [4.69, 9.17) is 0 Å². The van der Waals surface area contributed by atoms with E-state index in [-0.39, 0.29) is 0 Å². The number of aromatic nitrogens is 2. The van der Waals surface area contributed by atoms with Crippen LogP contribution in [0.25, 0.3) is 87.3 Å². The summed E-state index contributed by atoms with van der Waals surface area (Å²) in [5.74, 6) is 0. The van der Waals surface area contributed by atoms with Crippen molar-refractivity contribution < 1.29 is 0 Å². The minimum atomic E-state index is 1.15. The molecular weight excluding hydrogens is 532 g/mol. The molecule has 0 radical (unpaired) electrons. The first-order valence-electron chi connectivity index (χ1n) is 15.2. The lowest BCUT2D eigenvalue weighted by atomic mass is 9.96. The van der Waals surface area contributed by atoms with Crippen LogP contribution in [0, 0.1) is 0 Å². The third-order valence-electron chi connectivity index (χ3n) is 9.43. The second-order valence-electron chi connectivity index (χ2n) is 11.8. The van der Waals surface area contributed by atoms with Gasteiger partial charge < -0.3 is 9.13 Å². The van der Waals surface area contributed by atoms with Gasteiger partial charge >= 0.3 is 0 Å². The molecule has 2 heterocycles. The van der Waals surface area contributed by atoms with Crippen molar-refractivity contribution in [3.05, 3.63) is 158 Å². The molecule has 2 aromatic heterocycles. The highest BCUT2D eigenvalue weighted by Gasteiger charge is 2.20. The molecule has 8 aromatic carbocycles. The highest BCUT2D eigenvalue weighted by atomic mass is 15.0. The zero-order valence-electron chi connectivity index (χ0n) is 23.9. The van der Waals surface area contributed by atoms with Crippen LogP contribution < -0.4 is 0 Å². The van der Waals surface area contributed by atoms with E-state index in [9.17, 15) is 0 Å². The maximum atomic E-state index is 2.50. The quantitative estimate of drug-likeness (QED) is 0.187. The Morgan fingerprint density at radius 2 is 0.795 bits per heavy atom. The van der Waals surface area contributed by atoms with Gasteiger partial charge in [0.15, 0.2) is 0 Å². The average Bonchev–Trinajstić information content (AvgIpc) is 3.61. The topological polar surface area (TPSA) is 9.86 Å². The molecule has 2 heteroatoms. The Hall–Kier alpha value is -5.86. The molecule has 2 nitrogen and oxygen atoms in total.